The Bertz CT molecular complexity index is 831. The SMILES string of the molecule is CC(Sc1nnc(COc2ccc(C(C)C)cc2)n1N)C(=O)N(C)C1CCCCC1. The Kier molecular flexibility index (Phi) is 7.64. The van der Waals surface area contributed by atoms with Crippen LogP contribution in [0.25, 0.3) is 0 Å². The van der Waals surface area contributed by atoms with E-state index in [2.05, 4.69) is 36.2 Å². The highest BCUT2D eigenvalue weighted by Crippen LogP contribution is 2.27. The lowest BCUT2D eigenvalue weighted by Crippen LogP contribution is -2.42. The van der Waals surface area contributed by atoms with Gasteiger partial charge in [-0.1, -0.05) is 57.0 Å². The van der Waals surface area contributed by atoms with E-state index in [9.17, 15) is 4.79 Å². The second-order valence-corrected chi connectivity index (χ2v) is 9.59. The van der Waals surface area contributed by atoms with Gasteiger partial charge in [-0.25, -0.2) is 4.68 Å². The van der Waals surface area contributed by atoms with E-state index in [1.807, 2.05) is 31.0 Å². The van der Waals surface area contributed by atoms with Crippen LogP contribution >= 0.6 is 11.8 Å². The van der Waals surface area contributed by atoms with Crippen LogP contribution in [0, 0.1) is 0 Å². The summed E-state index contributed by atoms with van der Waals surface area (Å²) in [4.78, 5) is 14.7. The summed E-state index contributed by atoms with van der Waals surface area (Å²) >= 11 is 1.34. The Hall–Kier alpha value is -2.22. The van der Waals surface area contributed by atoms with Crippen molar-refractivity contribution in [1.82, 2.24) is 19.8 Å². The molecule has 0 saturated heterocycles. The second-order valence-electron chi connectivity index (χ2n) is 8.28. The van der Waals surface area contributed by atoms with Crippen LogP contribution in [-0.4, -0.2) is 44.0 Å². The van der Waals surface area contributed by atoms with Gasteiger partial charge < -0.3 is 15.5 Å². The molecule has 1 aliphatic carbocycles. The molecule has 3 rings (SSSR count). The fourth-order valence-electron chi connectivity index (χ4n) is 3.73. The number of benzene rings is 1. The van der Waals surface area contributed by atoms with E-state index in [4.69, 9.17) is 10.6 Å². The summed E-state index contributed by atoms with van der Waals surface area (Å²) in [7, 11) is 1.91. The molecule has 0 radical (unpaired) electrons. The quantitative estimate of drug-likeness (QED) is 0.503. The fraction of sp³-hybridized carbons (Fsp3) is 0.591. The van der Waals surface area contributed by atoms with Crippen LogP contribution in [0.15, 0.2) is 29.4 Å². The maximum absolute atomic E-state index is 12.8. The number of hydrogen-bond donors (Lipinski definition) is 1. The Labute approximate surface area is 183 Å². The van der Waals surface area contributed by atoms with E-state index in [1.165, 1.54) is 41.3 Å². The number of ether oxygens (including phenoxy) is 1. The lowest BCUT2D eigenvalue weighted by Gasteiger charge is -2.32. The molecule has 30 heavy (non-hydrogen) atoms. The molecule has 0 spiro atoms. The van der Waals surface area contributed by atoms with Gasteiger partial charge in [0.2, 0.25) is 11.1 Å². The van der Waals surface area contributed by atoms with Crippen molar-refractivity contribution in [2.75, 3.05) is 12.9 Å². The first-order valence-corrected chi connectivity index (χ1v) is 11.6. The maximum Gasteiger partial charge on any atom is 0.235 e. The molecule has 1 fully saturated rings. The normalized spacial score (nSPS) is 15.9. The highest BCUT2D eigenvalue weighted by Gasteiger charge is 2.27. The van der Waals surface area contributed by atoms with Crippen molar-refractivity contribution in [3.8, 4) is 5.75 Å². The van der Waals surface area contributed by atoms with Gasteiger partial charge in [0.05, 0.1) is 5.25 Å². The van der Waals surface area contributed by atoms with Gasteiger partial charge in [-0.15, -0.1) is 10.2 Å². The van der Waals surface area contributed by atoms with Gasteiger partial charge in [-0.3, -0.25) is 4.79 Å². The van der Waals surface area contributed by atoms with E-state index < -0.39 is 0 Å². The van der Waals surface area contributed by atoms with Gasteiger partial charge in [0.15, 0.2) is 5.82 Å². The molecule has 2 N–H and O–H groups in total. The topological polar surface area (TPSA) is 86.3 Å². The summed E-state index contributed by atoms with van der Waals surface area (Å²) in [5, 5.41) is 8.54. The highest BCUT2D eigenvalue weighted by molar-refractivity contribution is 8.00. The molecule has 1 aromatic carbocycles. The zero-order chi connectivity index (χ0) is 21.7. The maximum atomic E-state index is 12.8. The Balaban J connectivity index is 1.55. The molecule has 1 aliphatic rings. The molecule has 1 amide bonds. The number of amides is 1. The number of hydrogen-bond acceptors (Lipinski definition) is 6. The first-order chi connectivity index (χ1) is 14.4. The second kappa shape index (κ2) is 10.2. The van der Waals surface area contributed by atoms with Crippen LogP contribution in [-0.2, 0) is 11.4 Å². The molecular formula is C22H33N5O2S. The zero-order valence-electron chi connectivity index (χ0n) is 18.4. The van der Waals surface area contributed by atoms with Gasteiger partial charge in [0, 0.05) is 13.1 Å². The number of nitrogen functional groups attached to an aromatic ring is 1. The van der Waals surface area contributed by atoms with Crippen LogP contribution in [0.4, 0.5) is 0 Å². The molecule has 1 aromatic heterocycles. The number of carbonyl (C=O) groups excluding carboxylic acids is 1. The van der Waals surface area contributed by atoms with Crippen molar-refractivity contribution in [2.45, 2.75) is 81.8 Å². The minimum Gasteiger partial charge on any atom is -0.486 e. The molecule has 8 heteroatoms. The van der Waals surface area contributed by atoms with Crippen LogP contribution in [0.3, 0.4) is 0 Å². The summed E-state index contributed by atoms with van der Waals surface area (Å²) in [5.41, 5.74) is 1.26. The van der Waals surface area contributed by atoms with Crippen molar-refractivity contribution in [3.05, 3.63) is 35.7 Å². The number of nitrogens with zero attached hydrogens (tertiary/aromatic N) is 4. The third-order valence-electron chi connectivity index (χ3n) is 5.75. The summed E-state index contributed by atoms with van der Waals surface area (Å²) < 4.78 is 7.22. The van der Waals surface area contributed by atoms with Gasteiger partial charge >= 0.3 is 0 Å². The summed E-state index contributed by atoms with van der Waals surface area (Å²) in [6.45, 7) is 6.43. The average molecular weight is 432 g/mol. The van der Waals surface area contributed by atoms with E-state index in [-0.39, 0.29) is 17.8 Å². The van der Waals surface area contributed by atoms with Crippen molar-refractivity contribution in [1.29, 1.82) is 0 Å². The zero-order valence-corrected chi connectivity index (χ0v) is 19.2. The Morgan fingerprint density at radius 2 is 1.87 bits per heavy atom. The van der Waals surface area contributed by atoms with E-state index >= 15 is 0 Å². The van der Waals surface area contributed by atoms with Gasteiger partial charge in [-0.05, 0) is 43.4 Å². The Morgan fingerprint density at radius 1 is 1.20 bits per heavy atom. The average Bonchev–Trinajstić information content (AvgIpc) is 3.11. The van der Waals surface area contributed by atoms with E-state index in [0.717, 1.165) is 18.6 Å². The largest absolute Gasteiger partial charge is 0.486 e. The third kappa shape index (κ3) is 5.47. The summed E-state index contributed by atoms with van der Waals surface area (Å²) in [5.74, 6) is 8.03. The number of rotatable bonds is 8. The molecule has 0 aliphatic heterocycles. The van der Waals surface area contributed by atoms with Crippen molar-refractivity contribution in [3.63, 3.8) is 0 Å². The fourth-order valence-corrected chi connectivity index (χ4v) is 4.62. The van der Waals surface area contributed by atoms with Crippen LogP contribution < -0.4 is 10.6 Å². The van der Waals surface area contributed by atoms with Crippen molar-refractivity contribution >= 4 is 17.7 Å². The number of carbonyl (C=O) groups is 1. The van der Waals surface area contributed by atoms with Crippen LogP contribution in [0.2, 0.25) is 0 Å². The molecular weight excluding hydrogens is 398 g/mol. The first kappa shape index (κ1) is 22.5. The molecule has 1 heterocycles. The number of aromatic nitrogens is 3. The standard InChI is InChI=1S/C22H33N5O2S/c1-15(2)17-10-12-19(13-11-17)29-14-20-24-25-22(27(20)23)30-16(3)21(28)26(4)18-8-6-5-7-9-18/h10-13,15-16,18H,5-9,14,23H2,1-4H3. The Morgan fingerprint density at radius 3 is 2.50 bits per heavy atom. The summed E-state index contributed by atoms with van der Waals surface area (Å²) in [6.07, 6.45) is 5.85. The number of nitrogens with two attached hydrogens (primary N) is 1. The lowest BCUT2D eigenvalue weighted by atomic mass is 9.94. The molecule has 0 bridgehead atoms. The minimum absolute atomic E-state index is 0.109. The first-order valence-electron chi connectivity index (χ1n) is 10.7. The van der Waals surface area contributed by atoms with Crippen molar-refractivity contribution < 1.29 is 9.53 Å². The smallest absolute Gasteiger partial charge is 0.235 e. The highest BCUT2D eigenvalue weighted by atomic mass is 32.2. The predicted octanol–water partition coefficient (Wildman–Crippen LogP) is 3.97. The third-order valence-corrected chi connectivity index (χ3v) is 6.79. The van der Waals surface area contributed by atoms with Crippen LogP contribution in [0.1, 0.15) is 70.2 Å². The van der Waals surface area contributed by atoms with Crippen molar-refractivity contribution in [2.24, 2.45) is 0 Å². The summed E-state index contributed by atoms with van der Waals surface area (Å²) in [6, 6.07) is 8.36. The molecule has 164 valence electrons. The minimum atomic E-state index is -0.277. The molecule has 7 nitrogen and oxygen atoms in total. The van der Waals surface area contributed by atoms with E-state index in [0.29, 0.717) is 22.9 Å². The molecule has 2 aromatic rings. The molecule has 1 saturated carbocycles. The number of thioether (sulfide) groups is 1. The van der Waals surface area contributed by atoms with Crippen LogP contribution in [0.5, 0.6) is 5.75 Å². The van der Waals surface area contributed by atoms with Gasteiger partial charge in [0.1, 0.15) is 12.4 Å². The molecule has 1 atom stereocenters. The van der Waals surface area contributed by atoms with E-state index in [1.54, 1.807) is 0 Å². The van der Waals surface area contributed by atoms with Gasteiger partial charge in [0.25, 0.3) is 0 Å². The van der Waals surface area contributed by atoms with Gasteiger partial charge in [-0.2, -0.15) is 0 Å². The lowest BCUT2D eigenvalue weighted by molar-refractivity contribution is -0.131. The monoisotopic (exact) mass is 431 g/mol. The molecule has 1 unspecified atom stereocenters. The predicted molar refractivity (Wildman–Crippen MR) is 120 cm³/mol.